The molecule has 6 nitrogen and oxygen atoms in total. The number of nitrogens with zero attached hydrogens (tertiary/aromatic N) is 1. The molecule has 0 atom stereocenters. The lowest BCUT2D eigenvalue weighted by Crippen LogP contribution is -2.15. The fourth-order valence-electron chi connectivity index (χ4n) is 3.52. The van der Waals surface area contributed by atoms with Crippen LogP contribution in [-0.2, 0) is 0 Å². The first-order valence-electron chi connectivity index (χ1n) is 9.93. The van der Waals surface area contributed by atoms with Gasteiger partial charge in [-0.25, -0.2) is 0 Å². The van der Waals surface area contributed by atoms with E-state index in [0.29, 0.717) is 34.8 Å². The molecule has 1 aromatic heterocycles. The quantitative estimate of drug-likeness (QED) is 0.511. The van der Waals surface area contributed by atoms with Crippen molar-refractivity contribution in [2.45, 2.75) is 20.3 Å². The summed E-state index contributed by atoms with van der Waals surface area (Å²) in [6, 6.07) is 8.84. The highest BCUT2D eigenvalue weighted by molar-refractivity contribution is 5.86. The zero-order chi connectivity index (χ0) is 21.8. The van der Waals surface area contributed by atoms with Gasteiger partial charge in [-0.2, -0.15) is 0 Å². The SMILES string of the molecule is COc1cc(OC)c2c(=O)cc(-c3cc(C)c(OCCCN(C)C)c(C)c3)oc2c1. The van der Waals surface area contributed by atoms with Crippen LogP contribution in [0.2, 0.25) is 0 Å². The van der Waals surface area contributed by atoms with Crippen molar-refractivity contribution in [2.75, 3.05) is 41.5 Å². The molecule has 0 aliphatic carbocycles. The van der Waals surface area contributed by atoms with E-state index >= 15 is 0 Å². The van der Waals surface area contributed by atoms with E-state index < -0.39 is 0 Å². The average molecular weight is 411 g/mol. The number of hydrogen-bond acceptors (Lipinski definition) is 6. The maximum atomic E-state index is 12.8. The second-order valence-corrected chi connectivity index (χ2v) is 7.62. The van der Waals surface area contributed by atoms with Crippen LogP contribution in [0, 0.1) is 13.8 Å². The molecule has 0 aliphatic rings. The van der Waals surface area contributed by atoms with Crippen LogP contribution in [-0.4, -0.2) is 46.4 Å². The van der Waals surface area contributed by atoms with E-state index in [9.17, 15) is 4.79 Å². The van der Waals surface area contributed by atoms with Gasteiger partial charge in [0.05, 0.1) is 20.8 Å². The van der Waals surface area contributed by atoms with Gasteiger partial charge < -0.3 is 23.5 Å². The molecule has 0 spiro atoms. The summed E-state index contributed by atoms with van der Waals surface area (Å²) in [5.41, 5.74) is 3.09. The van der Waals surface area contributed by atoms with Crippen LogP contribution in [0.3, 0.4) is 0 Å². The molecule has 0 N–H and O–H groups in total. The largest absolute Gasteiger partial charge is 0.496 e. The van der Waals surface area contributed by atoms with Gasteiger partial charge in [-0.05, 0) is 57.6 Å². The number of fused-ring (bicyclic) bond motifs is 1. The van der Waals surface area contributed by atoms with E-state index in [0.717, 1.165) is 35.4 Å². The molecule has 0 radical (unpaired) electrons. The lowest BCUT2D eigenvalue weighted by molar-refractivity contribution is 0.279. The molecule has 30 heavy (non-hydrogen) atoms. The monoisotopic (exact) mass is 411 g/mol. The van der Waals surface area contributed by atoms with Gasteiger partial charge in [0.15, 0.2) is 5.43 Å². The van der Waals surface area contributed by atoms with Gasteiger partial charge in [0, 0.05) is 30.3 Å². The Morgan fingerprint density at radius 1 is 0.967 bits per heavy atom. The summed E-state index contributed by atoms with van der Waals surface area (Å²) in [7, 11) is 7.18. The van der Waals surface area contributed by atoms with Crippen LogP contribution >= 0.6 is 0 Å². The molecule has 6 heteroatoms. The first-order valence-corrected chi connectivity index (χ1v) is 9.93. The number of rotatable bonds is 8. The summed E-state index contributed by atoms with van der Waals surface area (Å²) in [6.07, 6.45) is 0.955. The number of methoxy groups -OCH3 is 2. The van der Waals surface area contributed by atoms with E-state index in [4.69, 9.17) is 18.6 Å². The summed E-state index contributed by atoms with van der Waals surface area (Å²) in [5.74, 6) is 2.36. The van der Waals surface area contributed by atoms with Crippen molar-refractivity contribution in [1.29, 1.82) is 0 Å². The summed E-state index contributed by atoms with van der Waals surface area (Å²) >= 11 is 0. The zero-order valence-electron chi connectivity index (χ0n) is 18.5. The number of benzene rings is 2. The molecule has 160 valence electrons. The van der Waals surface area contributed by atoms with E-state index in [1.807, 2.05) is 40.1 Å². The van der Waals surface area contributed by atoms with Crippen LogP contribution in [0.15, 0.2) is 39.5 Å². The molecule has 0 saturated carbocycles. The van der Waals surface area contributed by atoms with Crippen molar-refractivity contribution in [2.24, 2.45) is 0 Å². The first kappa shape index (κ1) is 21.7. The summed E-state index contributed by atoms with van der Waals surface area (Å²) in [6.45, 7) is 5.64. The Morgan fingerprint density at radius 2 is 1.67 bits per heavy atom. The van der Waals surface area contributed by atoms with Gasteiger partial charge in [-0.15, -0.1) is 0 Å². The Balaban J connectivity index is 1.98. The van der Waals surface area contributed by atoms with E-state index in [-0.39, 0.29) is 5.43 Å². The van der Waals surface area contributed by atoms with Gasteiger partial charge in [0.2, 0.25) is 0 Å². The third-order valence-corrected chi connectivity index (χ3v) is 4.96. The number of aryl methyl sites for hydroxylation is 2. The normalized spacial score (nSPS) is 11.2. The van der Waals surface area contributed by atoms with E-state index in [1.165, 1.54) is 13.2 Å². The number of ether oxygens (including phenoxy) is 3. The van der Waals surface area contributed by atoms with Gasteiger partial charge in [-0.1, -0.05) is 0 Å². The van der Waals surface area contributed by atoms with Crippen LogP contribution in [0.5, 0.6) is 17.2 Å². The van der Waals surface area contributed by atoms with E-state index in [2.05, 4.69) is 4.90 Å². The van der Waals surface area contributed by atoms with Crippen molar-refractivity contribution in [3.63, 3.8) is 0 Å². The van der Waals surface area contributed by atoms with Gasteiger partial charge in [-0.3, -0.25) is 4.79 Å². The standard InChI is InChI=1S/C24H29NO5/c1-15-10-17(11-16(2)24(15)29-9-7-8-25(3)4)20-14-19(26)23-21(28-6)12-18(27-5)13-22(23)30-20/h10-14H,7-9H2,1-6H3. The van der Waals surface area contributed by atoms with Crippen LogP contribution in [0.25, 0.3) is 22.3 Å². The molecular weight excluding hydrogens is 382 g/mol. The van der Waals surface area contributed by atoms with Crippen molar-refractivity contribution in [3.05, 3.63) is 51.7 Å². The molecule has 0 unspecified atom stereocenters. The lowest BCUT2D eigenvalue weighted by atomic mass is 10.0. The van der Waals surface area contributed by atoms with Gasteiger partial charge in [0.25, 0.3) is 0 Å². The van der Waals surface area contributed by atoms with Crippen LogP contribution < -0.4 is 19.6 Å². The highest BCUT2D eigenvalue weighted by Crippen LogP contribution is 2.34. The third-order valence-electron chi connectivity index (χ3n) is 4.96. The Labute approximate surface area is 177 Å². The summed E-state index contributed by atoms with van der Waals surface area (Å²) in [4.78, 5) is 14.9. The molecule has 2 aromatic carbocycles. The Bertz CT molecular complexity index is 1080. The summed E-state index contributed by atoms with van der Waals surface area (Å²) < 4.78 is 22.7. The van der Waals surface area contributed by atoms with Crippen molar-refractivity contribution in [3.8, 4) is 28.6 Å². The third kappa shape index (κ3) is 4.60. The highest BCUT2D eigenvalue weighted by atomic mass is 16.5. The lowest BCUT2D eigenvalue weighted by Gasteiger charge is -2.15. The molecule has 0 bridgehead atoms. The average Bonchev–Trinajstić information content (AvgIpc) is 2.71. The Hall–Kier alpha value is -2.99. The Kier molecular flexibility index (Phi) is 6.67. The summed E-state index contributed by atoms with van der Waals surface area (Å²) in [5, 5.41) is 0.399. The molecule has 3 aromatic rings. The van der Waals surface area contributed by atoms with Gasteiger partial charge >= 0.3 is 0 Å². The smallest absolute Gasteiger partial charge is 0.197 e. The predicted octanol–water partition coefficient (Wildman–Crippen LogP) is 4.42. The maximum Gasteiger partial charge on any atom is 0.197 e. The highest BCUT2D eigenvalue weighted by Gasteiger charge is 2.15. The molecule has 1 heterocycles. The van der Waals surface area contributed by atoms with Crippen LogP contribution in [0.1, 0.15) is 17.5 Å². The van der Waals surface area contributed by atoms with Gasteiger partial charge in [0.1, 0.15) is 34.0 Å². The fraction of sp³-hybridized carbons (Fsp3) is 0.375. The molecule has 0 aliphatic heterocycles. The second-order valence-electron chi connectivity index (χ2n) is 7.62. The van der Waals surface area contributed by atoms with Crippen molar-refractivity contribution >= 4 is 11.0 Å². The Morgan fingerprint density at radius 3 is 2.27 bits per heavy atom. The van der Waals surface area contributed by atoms with E-state index in [1.54, 1.807) is 19.2 Å². The topological polar surface area (TPSA) is 61.1 Å². The first-order chi connectivity index (χ1) is 14.3. The predicted molar refractivity (Wildman–Crippen MR) is 119 cm³/mol. The van der Waals surface area contributed by atoms with Crippen LogP contribution in [0.4, 0.5) is 0 Å². The minimum Gasteiger partial charge on any atom is -0.496 e. The fourth-order valence-corrected chi connectivity index (χ4v) is 3.52. The molecule has 0 fully saturated rings. The van der Waals surface area contributed by atoms with Crippen molar-refractivity contribution < 1.29 is 18.6 Å². The zero-order valence-corrected chi connectivity index (χ0v) is 18.5. The number of hydrogen-bond donors (Lipinski definition) is 0. The van der Waals surface area contributed by atoms with Crippen molar-refractivity contribution in [1.82, 2.24) is 4.90 Å². The minimum absolute atomic E-state index is 0.162. The second kappa shape index (κ2) is 9.22. The molecule has 0 saturated heterocycles. The minimum atomic E-state index is -0.162. The molecular formula is C24H29NO5. The maximum absolute atomic E-state index is 12.8. The molecule has 0 amide bonds. The molecule has 3 rings (SSSR count).